The predicted molar refractivity (Wildman–Crippen MR) is 119 cm³/mol. The predicted octanol–water partition coefficient (Wildman–Crippen LogP) is 5.33. The van der Waals surface area contributed by atoms with Gasteiger partial charge in [-0.25, -0.2) is 0 Å². The minimum absolute atomic E-state index is 0. The number of Topliss-reactive ketones (excluding diaryl/α,β-unsaturated/α-hetero) is 1. The molecule has 0 saturated carbocycles. The van der Waals surface area contributed by atoms with Crippen molar-refractivity contribution >= 4 is 35.9 Å². The fourth-order valence-electron chi connectivity index (χ4n) is 3.50. The summed E-state index contributed by atoms with van der Waals surface area (Å²) in [5.41, 5.74) is 2.63. The van der Waals surface area contributed by atoms with Crippen LogP contribution in [-0.4, -0.2) is 36.0 Å². The van der Waals surface area contributed by atoms with Gasteiger partial charge >= 0.3 is 5.97 Å². The number of fused-ring (bicyclic) bond motifs is 2. The van der Waals surface area contributed by atoms with Crippen molar-refractivity contribution in [3.8, 4) is 0 Å². The Morgan fingerprint density at radius 2 is 1.79 bits per heavy atom. The molecule has 6 heteroatoms. The van der Waals surface area contributed by atoms with Gasteiger partial charge in [0.25, 0.3) is 0 Å². The van der Waals surface area contributed by atoms with Crippen molar-refractivity contribution in [3.63, 3.8) is 0 Å². The summed E-state index contributed by atoms with van der Waals surface area (Å²) in [7, 11) is 0. The largest absolute Gasteiger partial charge is 0.446 e. The van der Waals surface area contributed by atoms with Crippen LogP contribution >= 0.6 is 24.2 Å². The molecule has 0 bridgehead atoms. The lowest BCUT2D eigenvalue weighted by Crippen LogP contribution is -2.37. The van der Waals surface area contributed by atoms with E-state index in [9.17, 15) is 9.59 Å². The van der Waals surface area contributed by atoms with Crippen molar-refractivity contribution < 1.29 is 14.3 Å². The Balaban J connectivity index is 0.00000300. The Morgan fingerprint density at radius 3 is 2.48 bits per heavy atom. The molecule has 0 radical (unpaired) electrons. The second-order valence-corrected chi connectivity index (χ2v) is 8.13. The highest BCUT2D eigenvalue weighted by molar-refractivity contribution is 7.99. The van der Waals surface area contributed by atoms with Crippen LogP contribution in [0, 0.1) is 0 Å². The first-order valence-corrected chi connectivity index (χ1v) is 10.6. The second-order valence-electron chi connectivity index (χ2n) is 7.04. The van der Waals surface area contributed by atoms with Crippen LogP contribution < -0.4 is 0 Å². The Bertz CT molecular complexity index is 882. The van der Waals surface area contributed by atoms with Gasteiger partial charge in [0, 0.05) is 21.8 Å². The molecule has 1 aliphatic heterocycles. The van der Waals surface area contributed by atoms with Gasteiger partial charge in [0.2, 0.25) is 0 Å². The van der Waals surface area contributed by atoms with Crippen LogP contribution in [0.2, 0.25) is 0 Å². The van der Waals surface area contributed by atoms with E-state index in [1.807, 2.05) is 56.3 Å². The zero-order valence-electron chi connectivity index (χ0n) is 17.3. The molecule has 0 aromatic heterocycles. The molecule has 2 atom stereocenters. The monoisotopic (exact) mass is 433 g/mol. The zero-order valence-corrected chi connectivity index (χ0v) is 18.9. The molecule has 29 heavy (non-hydrogen) atoms. The van der Waals surface area contributed by atoms with Crippen LogP contribution in [0.15, 0.2) is 52.3 Å². The van der Waals surface area contributed by atoms with Gasteiger partial charge < -0.3 is 4.74 Å². The molecule has 0 aliphatic carbocycles. The van der Waals surface area contributed by atoms with Gasteiger partial charge in [-0.1, -0.05) is 55.9 Å². The molecule has 0 saturated heterocycles. The van der Waals surface area contributed by atoms with Crippen LogP contribution in [0.3, 0.4) is 0 Å². The number of rotatable bonds is 6. The first-order chi connectivity index (χ1) is 13.4. The molecule has 4 nitrogen and oxygen atoms in total. The van der Waals surface area contributed by atoms with E-state index >= 15 is 0 Å². The molecule has 2 aromatic carbocycles. The maximum atomic E-state index is 12.7. The summed E-state index contributed by atoms with van der Waals surface area (Å²) >= 11 is 1.61. The topological polar surface area (TPSA) is 46.6 Å². The van der Waals surface area contributed by atoms with Crippen LogP contribution in [-0.2, 0) is 16.0 Å². The lowest BCUT2D eigenvalue weighted by Gasteiger charge is -2.27. The van der Waals surface area contributed by atoms with E-state index < -0.39 is 0 Å². The van der Waals surface area contributed by atoms with Crippen molar-refractivity contribution in [2.45, 2.75) is 56.1 Å². The number of ketones is 1. The lowest BCUT2D eigenvalue weighted by molar-refractivity contribution is -0.158. The number of carbonyl (C=O) groups is 2. The minimum Gasteiger partial charge on any atom is -0.446 e. The third-order valence-corrected chi connectivity index (χ3v) is 6.50. The van der Waals surface area contributed by atoms with E-state index in [1.54, 1.807) is 11.8 Å². The average molecular weight is 434 g/mol. The molecule has 0 spiro atoms. The summed E-state index contributed by atoms with van der Waals surface area (Å²) in [5, 5.41) is 0. The number of ether oxygens (including phenoxy) is 1. The fourth-order valence-corrected chi connectivity index (χ4v) is 4.57. The maximum absolute atomic E-state index is 12.7. The number of hydrogen-bond donors (Lipinski definition) is 0. The summed E-state index contributed by atoms with van der Waals surface area (Å²) in [4.78, 5) is 29.5. The van der Waals surface area contributed by atoms with Crippen molar-refractivity contribution in [2.24, 2.45) is 0 Å². The van der Waals surface area contributed by atoms with Crippen LogP contribution in [0.5, 0.6) is 0 Å². The van der Waals surface area contributed by atoms with E-state index in [2.05, 4.69) is 18.7 Å². The van der Waals surface area contributed by atoms with Crippen LogP contribution in [0.25, 0.3) is 0 Å². The van der Waals surface area contributed by atoms with Gasteiger partial charge in [0.1, 0.15) is 0 Å². The average Bonchev–Trinajstić information content (AvgIpc) is 2.83. The van der Waals surface area contributed by atoms with Crippen molar-refractivity contribution in [1.82, 2.24) is 4.90 Å². The summed E-state index contributed by atoms with van der Waals surface area (Å²) in [5.74, 6) is -0.506. The van der Waals surface area contributed by atoms with Gasteiger partial charge in [-0.05, 0) is 50.2 Å². The molecule has 1 aliphatic rings. The van der Waals surface area contributed by atoms with Crippen molar-refractivity contribution in [1.29, 1.82) is 0 Å². The lowest BCUT2D eigenvalue weighted by atomic mass is 9.96. The molecule has 2 unspecified atom stereocenters. The number of halogens is 1. The fraction of sp³-hybridized carbons (Fsp3) is 0.391. The first-order valence-electron chi connectivity index (χ1n) is 9.82. The van der Waals surface area contributed by atoms with Crippen LogP contribution in [0.4, 0.5) is 0 Å². The van der Waals surface area contributed by atoms with Gasteiger partial charge in [-0.3, -0.25) is 14.5 Å². The molecule has 2 aromatic rings. The molecule has 0 amide bonds. The maximum Gasteiger partial charge on any atom is 0.314 e. The summed E-state index contributed by atoms with van der Waals surface area (Å²) in [6.45, 7) is 9.53. The Morgan fingerprint density at radius 1 is 1.10 bits per heavy atom. The van der Waals surface area contributed by atoms with E-state index in [1.165, 1.54) is 0 Å². The van der Waals surface area contributed by atoms with E-state index in [-0.39, 0.29) is 36.3 Å². The normalized spacial score (nSPS) is 14.9. The van der Waals surface area contributed by atoms with Gasteiger partial charge in [-0.2, -0.15) is 0 Å². The minimum atomic E-state index is -0.381. The Hall–Kier alpha value is -1.82. The molecule has 0 fully saturated rings. The van der Waals surface area contributed by atoms with Crippen molar-refractivity contribution in [2.75, 3.05) is 13.1 Å². The number of hydrogen-bond acceptors (Lipinski definition) is 5. The highest BCUT2D eigenvalue weighted by Gasteiger charge is 2.25. The van der Waals surface area contributed by atoms with E-state index in [4.69, 9.17) is 4.74 Å². The second kappa shape index (κ2) is 10.3. The van der Waals surface area contributed by atoms with Gasteiger partial charge in [0.15, 0.2) is 12.0 Å². The molecule has 0 N–H and O–H groups in total. The van der Waals surface area contributed by atoms with E-state index in [0.717, 1.165) is 39.6 Å². The first kappa shape index (κ1) is 23.5. The molecular formula is C23H28ClNO3S. The number of esters is 1. The molecule has 1 heterocycles. The third kappa shape index (κ3) is 5.21. The molecule has 156 valence electrons. The van der Waals surface area contributed by atoms with E-state index in [0.29, 0.717) is 6.42 Å². The Labute approximate surface area is 183 Å². The quantitative estimate of drug-likeness (QED) is 0.455. The van der Waals surface area contributed by atoms with Gasteiger partial charge in [-0.15, -0.1) is 12.4 Å². The summed E-state index contributed by atoms with van der Waals surface area (Å²) in [6, 6.07) is 13.7. The smallest absolute Gasteiger partial charge is 0.314 e. The zero-order chi connectivity index (χ0) is 20.3. The summed E-state index contributed by atoms with van der Waals surface area (Å²) < 4.78 is 5.67. The van der Waals surface area contributed by atoms with Crippen molar-refractivity contribution in [3.05, 3.63) is 59.2 Å². The third-order valence-electron chi connectivity index (χ3n) is 5.31. The highest BCUT2D eigenvalue weighted by atomic mass is 35.5. The molecule has 3 rings (SSSR count). The standard InChI is InChI=1S/C23H27NO3S.ClH/c1-5-24(6-2)16(4)27-23(26)15(3)17-11-12-21-18(13-17)14-20(25)19-9-7-8-10-22(19)28-21;/h7-13,15-16H,5-6,14H2,1-4H3;1H. The SMILES string of the molecule is CCN(CC)C(C)OC(=O)C(C)c1ccc2c(c1)CC(=O)c1ccccc1S2.Cl. The van der Waals surface area contributed by atoms with Gasteiger partial charge in [0.05, 0.1) is 5.92 Å². The molecular weight excluding hydrogens is 406 g/mol. The number of benzene rings is 2. The highest BCUT2D eigenvalue weighted by Crippen LogP contribution is 2.38. The van der Waals surface area contributed by atoms with Crippen LogP contribution in [0.1, 0.15) is 55.1 Å². The summed E-state index contributed by atoms with van der Waals surface area (Å²) in [6.07, 6.45) is 0.0996. The number of carbonyl (C=O) groups excluding carboxylic acids is 2. The number of nitrogens with zero attached hydrogens (tertiary/aromatic N) is 1. The Kier molecular flexibility index (Phi) is 8.32.